The van der Waals surface area contributed by atoms with Crippen molar-refractivity contribution in [1.29, 1.82) is 0 Å². The molecule has 0 spiro atoms. The molecule has 3 aliphatic heterocycles. The van der Waals surface area contributed by atoms with Crippen molar-refractivity contribution in [2.24, 2.45) is 0 Å². The Morgan fingerprint density at radius 1 is 0.136 bits per heavy atom. The average molecular weight is 1980 g/mol. The van der Waals surface area contributed by atoms with Gasteiger partial charge >= 0.3 is 0 Å². The molecule has 0 saturated carbocycles. The first kappa shape index (κ1) is 83.7. The molecule has 0 aliphatic carbocycles. The summed E-state index contributed by atoms with van der Waals surface area (Å²) in [5, 5.41) is 21.8. The number of rotatable bonds is 9. The van der Waals surface area contributed by atoms with Crippen molar-refractivity contribution in [3.63, 3.8) is 0 Å². The van der Waals surface area contributed by atoms with Crippen LogP contribution >= 0.6 is 68.0 Å². The number of benzene rings is 21. The zero-order chi connectivity index (χ0) is 96.2. The molecule has 0 N–H and O–H groups in total. The Kier molecular flexibility index (Phi) is 19.0. The molecule has 18 heteroatoms. The number of thiophene rings is 6. The lowest BCUT2D eigenvalue weighted by Gasteiger charge is -2.32. The smallest absolute Gasteiger partial charge is 0.238 e. The van der Waals surface area contributed by atoms with E-state index < -0.39 is 0 Å². The summed E-state index contributed by atoms with van der Waals surface area (Å²) in [4.78, 5) is 54.6. The highest BCUT2D eigenvalue weighted by atomic mass is 32.1. The molecule has 0 radical (unpaired) electrons. The van der Waals surface area contributed by atoms with Crippen LogP contribution in [0.15, 0.2) is 437 Å². The van der Waals surface area contributed by atoms with Crippen LogP contribution in [0.5, 0.6) is 0 Å². The van der Waals surface area contributed by atoms with Gasteiger partial charge in [-0.1, -0.05) is 291 Å². The molecule has 3 aliphatic rings. The second kappa shape index (κ2) is 33.4. The normalized spacial score (nSPS) is 12.4. The van der Waals surface area contributed by atoms with Gasteiger partial charge in [-0.2, -0.15) is 29.9 Å². The third-order valence-electron chi connectivity index (χ3n) is 29.0. The predicted molar refractivity (Wildman–Crippen MR) is 623 cm³/mol. The highest BCUT2D eigenvalue weighted by molar-refractivity contribution is 7.28. The van der Waals surface area contributed by atoms with Crippen LogP contribution in [0.2, 0.25) is 0 Å². The summed E-state index contributed by atoms with van der Waals surface area (Å²) < 4.78 is 15.0. The Labute approximate surface area is 864 Å². The summed E-state index contributed by atoms with van der Waals surface area (Å²) in [6.07, 6.45) is 0. The molecule has 0 bridgehead atoms. The van der Waals surface area contributed by atoms with E-state index in [1.165, 1.54) is 170 Å². The van der Waals surface area contributed by atoms with Gasteiger partial charge < -0.3 is 0 Å². The molecule has 9 aromatic heterocycles. The molecule has 147 heavy (non-hydrogen) atoms. The van der Waals surface area contributed by atoms with Crippen molar-refractivity contribution in [2.75, 3.05) is 14.7 Å². The molecule has 0 atom stereocenters. The Morgan fingerprint density at radius 3 is 0.667 bits per heavy atom. The van der Waals surface area contributed by atoms with Gasteiger partial charge in [-0.25, -0.2) is 15.0 Å². The van der Waals surface area contributed by atoms with Crippen molar-refractivity contribution in [3.05, 3.63) is 437 Å². The first-order chi connectivity index (χ1) is 72.8. The number of para-hydroxylation sites is 3. The highest BCUT2D eigenvalue weighted by Gasteiger charge is 2.35. The second-order valence-electron chi connectivity index (χ2n) is 37.2. The van der Waals surface area contributed by atoms with E-state index in [0.717, 1.165) is 84.2 Å². The minimum atomic E-state index is 0.597. The van der Waals surface area contributed by atoms with Crippen molar-refractivity contribution >= 4 is 273 Å². The monoisotopic (exact) mass is 1980 g/mol. The fourth-order valence-corrected chi connectivity index (χ4v) is 29.2. The minimum Gasteiger partial charge on any atom is -0.278 e. The first-order valence-corrected chi connectivity index (χ1v) is 53.7. The quantitative estimate of drug-likeness (QED) is 0.137. The standard InChI is InChI=1S/3C43H24N4S2/c1-4-19-32-26(13-1)27-16-7-11-25-12-8-20-33(38(25)27)47(32)43-45-41(30-17-9-23-36-39(30)28-14-2-5-21-34(28)48-36)44-42(46-43)31-18-10-24-37-40(31)29-15-3-6-22-35(29)49-37;1-4-17-33-27(12-1)29-15-7-10-25-11-8-18-34(39(25)29)47(33)43-45-41(26-22-23-37-32(24-26)28-13-2-5-19-35(28)48-37)44-42(46-43)31-16-9-21-38-40(31)30-14-3-6-20-36(30)49-38;1-4-15-34-28(11-1)31-14-7-9-25-10-8-16-35(40(25)31)47(34)43-45-41(26-19-21-38-32(23-26)29-12-2-5-17-36(29)48-38)44-42(46-43)27-20-22-39-33(24-27)30-13-3-6-18-37(30)49-39/h3*1-24H. The van der Waals surface area contributed by atoms with Crippen molar-refractivity contribution in [3.8, 4) is 102 Å². The van der Waals surface area contributed by atoms with Gasteiger partial charge in [0, 0.05) is 187 Å². The minimum absolute atomic E-state index is 0.597. The van der Waals surface area contributed by atoms with Crippen molar-refractivity contribution in [2.45, 2.75) is 0 Å². The first-order valence-electron chi connectivity index (χ1n) is 48.8. The maximum Gasteiger partial charge on any atom is 0.238 e. The second-order valence-corrected chi connectivity index (χ2v) is 43.7. The van der Waals surface area contributed by atoms with Crippen LogP contribution in [0.25, 0.3) is 255 Å². The lowest BCUT2D eigenvalue weighted by Crippen LogP contribution is -2.18. The molecule has 0 unspecified atom stereocenters. The molecule has 12 heterocycles. The third-order valence-corrected chi connectivity index (χ3v) is 35.8. The summed E-state index contributed by atoms with van der Waals surface area (Å²) >= 11 is 10.9. The van der Waals surface area contributed by atoms with Gasteiger partial charge in [-0.05, 0) is 178 Å². The van der Waals surface area contributed by atoms with Gasteiger partial charge in [0.25, 0.3) is 0 Å². The number of hydrogen-bond acceptors (Lipinski definition) is 18. The van der Waals surface area contributed by atoms with E-state index in [-0.39, 0.29) is 0 Å². The SMILES string of the molecule is c1ccc2c(c1)-c1cccc3cccc(c13)N2c1nc(-c2ccc3sc4ccccc4c3c2)nc(-c2ccc3sc4ccccc4c3c2)n1.c1ccc2c(c1)-c1cccc3cccc(c13)N2c1nc(-c2ccc3sc4ccccc4c3c2)nc(-c2cccc3sc4ccccc4c23)n1.c1ccc2c(c1)-c1cccc3cccc(c13)N2c1nc(-c2cccc3sc4ccccc4c23)nc(-c2cccc3sc4ccccc4c23)n1. The van der Waals surface area contributed by atoms with Gasteiger partial charge in [-0.15, -0.1) is 68.0 Å². The van der Waals surface area contributed by atoms with Crippen LogP contribution in [0.4, 0.5) is 52.0 Å². The maximum atomic E-state index is 5.39. The zero-order valence-electron chi connectivity index (χ0n) is 77.9. The highest BCUT2D eigenvalue weighted by Crippen LogP contribution is 2.57. The van der Waals surface area contributed by atoms with E-state index in [1.54, 1.807) is 11.3 Å². The van der Waals surface area contributed by atoms with Crippen LogP contribution in [0.1, 0.15) is 0 Å². The lowest BCUT2D eigenvalue weighted by atomic mass is 9.91. The van der Waals surface area contributed by atoms with Crippen molar-refractivity contribution < 1.29 is 0 Å². The van der Waals surface area contributed by atoms with Gasteiger partial charge in [0.2, 0.25) is 17.8 Å². The Morgan fingerprint density at radius 2 is 0.347 bits per heavy atom. The molecule has 21 aromatic carbocycles. The number of nitrogens with zero attached hydrogens (tertiary/aromatic N) is 12. The molecule has 0 saturated heterocycles. The van der Waals surface area contributed by atoms with Gasteiger partial charge in [0.05, 0.1) is 34.1 Å². The van der Waals surface area contributed by atoms with E-state index in [9.17, 15) is 0 Å². The van der Waals surface area contributed by atoms with Gasteiger partial charge in [-0.3, -0.25) is 14.7 Å². The number of anilines is 9. The van der Waals surface area contributed by atoms with Gasteiger partial charge in [0.1, 0.15) is 0 Å². The van der Waals surface area contributed by atoms with Crippen LogP contribution in [-0.2, 0) is 0 Å². The fourth-order valence-electron chi connectivity index (χ4n) is 22.5. The molecule has 12 nitrogen and oxygen atoms in total. The Bertz CT molecular complexity index is 10600. The summed E-state index contributed by atoms with van der Waals surface area (Å²) in [5.41, 5.74) is 19.4. The Balaban J connectivity index is 0.0000000999. The number of aromatic nitrogens is 9. The van der Waals surface area contributed by atoms with E-state index >= 15 is 0 Å². The summed E-state index contributed by atoms with van der Waals surface area (Å²) in [6, 6.07) is 156. The number of hydrogen-bond donors (Lipinski definition) is 0. The van der Waals surface area contributed by atoms with Crippen molar-refractivity contribution in [1.82, 2.24) is 44.9 Å². The molecule has 684 valence electrons. The van der Waals surface area contributed by atoms with E-state index in [2.05, 4.69) is 451 Å². The third kappa shape index (κ3) is 13.4. The summed E-state index contributed by atoms with van der Waals surface area (Å²) in [6.45, 7) is 0. The van der Waals surface area contributed by atoms with Gasteiger partial charge in [0.15, 0.2) is 34.9 Å². The predicted octanol–water partition coefficient (Wildman–Crippen LogP) is 37.6. The lowest BCUT2D eigenvalue weighted by molar-refractivity contribution is 1.02. The fraction of sp³-hybridized carbons (Fsp3) is 0. The van der Waals surface area contributed by atoms with Crippen LogP contribution < -0.4 is 14.7 Å². The number of fused-ring (bicyclic) bond motifs is 24. The van der Waals surface area contributed by atoms with Crippen LogP contribution in [-0.4, -0.2) is 44.9 Å². The molecule has 0 fully saturated rings. The van der Waals surface area contributed by atoms with E-state index in [0.29, 0.717) is 52.8 Å². The summed E-state index contributed by atoms with van der Waals surface area (Å²) in [5.74, 6) is 5.73. The maximum absolute atomic E-state index is 5.39. The summed E-state index contributed by atoms with van der Waals surface area (Å²) in [7, 11) is 0. The molecular formula is C129H72N12S6. The topological polar surface area (TPSA) is 126 Å². The van der Waals surface area contributed by atoms with E-state index in [4.69, 9.17) is 44.9 Å². The largest absolute Gasteiger partial charge is 0.278 e. The van der Waals surface area contributed by atoms with E-state index in [1.807, 2.05) is 56.7 Å². The van der Waals surface area contributed by atoms with Crippen LogP contribution in [0.3, 0.4) is 0 Å². The Hall–Kier alpha value is -17.9. The van der Waals surface area contributed by atoms with Crippen LogP contribution in [0, 0.1) is 0 Å². The molecule has 33 rings (SSSR count). The molecular weight excluding hydrogens is 1910 g/mol. The zero-order valence-corrected chi connectivity index (χ0v) is 82.8. The molecule has 0 amide bonds. The average Bonchev–Trinajstić information content (AvgIpc) is 1.43. The molecule has 30 aromatic rings.